The maximum Gasteiger partial charge on any atom is 0.355 e. The number of hydrogen-bond acceptors (Lipinski definition) is 5. The van der Waals surface area contributed by atoms with Gasteiger partial charge in [-0.3, -0.25) is 14.9 Å². The number of benzene rings is 1. The Morgan fingerprint density at radius 3 is 2.70 bits per heavy atom. The molecule has 0 radical (unpaired) electrons. The molecule has 0 fully saturated rings. The fourth-order valence-corrected chi connectivity index (χ4v) is 2.01. The Morgan fingerprint density at radius 2 is 2.13 bits per heavy atom. The van der Waals surface area contributed by atoms with Gasteiger partial charge in [-0.05, 0) is 18.2 Å². The molecule has 0 saturated carbocycles. The molecule has 1 amide bonds. The number of carbonyl (C=O) groups is 2. The third-order valence-electron chi connectivity index (χ3n) is 2.92. The molecule has 8 nitrogen and oxygen atoms in total. The van der Waals surface area contributed by atoms with Gasteiger partial charge in [-0.2, -0.15) is 0 Å². The Hall–Kier alpha value is -2.87. The molecule has 2 aromatic rings. The maximum absolute atomic E-state index is 11.8. The number of carbonyl (C=O) groups excluding carboxylic acids is 2. The monoisotopic (exact) mass is 337 g/mol. The van der Waals surface area contributed by atoms with Crippen LogP contribution in [-0.2, 0) is 16.6 Å². The summed E-state index contributed by atoms with van der Waals surface area (Å²) in [5.74, 6) is -1.24. The average molecular weight is 338 g/mol. The third-order valence-corrected chi connectivity index (χ3v) is 3.24. The van der Waals surface area contributed by atoms with Crippen LogP contribution in [0.25, 0.3) is 0 Å². The zero-order chi connectivity index (χ0) is 17.0. The van der Waals surface area contributed by atoms with Crippen molar-refractivity contribution in [3.8, 4) is 0 Å². The van der Waals surface area contributed by atoms with Crippen LogP contribution in [-0.4, -0.2) is 28.0 Å². The molecule has 0 unspecified atom stereocenters. The summed E-state index contributed by atoms with van der Waals surface area (Å²) in [6.07, 6.45) is 1.67. The minimum absolute atomic E-state index is 0.0151. The Labute approximate surface area is 135 Å². The highest BCUT2D eigenvalue weighted by Crippen LogP contribution is 2.26. The smallest absolute Gasteiger partial charge is 0.355 e. The minimum atomic E-state index is -0.637. The van der Waals surface area contributed by atoms with Gasteiger partial charge in [-0.1, -0.05) is 11.6 Å². The lowest BCUT2D eigenvalue weighted by Gasteiger charge is -2.08. The molecule has 1 N–H and O–H groups in total. The number of nitro benzene ring substituents is 1. The second-order valence-electron chi connectivity index (χ2n) is 4.55. The molecular weight excluding hydrogens is 326 g/mol. The molecule has 0 atom stereocenters. The van der Waals surface area contributed by atoms with Crippen LogP contribution in [0.2, 0.25) is 5.02 Å². The lowest BCUT2D eigenvalue weighted by Crippen LogP contribution is -2.22. The van der Waals surface area contributed by atoms with Gasteiger partial charge in [0.05, 0.1) is 15.6 Å². The van der Waals surface area contributed by atoms with E-state index in [1.54, 1.807) is 29.9 Å². The number of non-ortho nitro benzene ring substituents is 1. The van der Waals surface area contributed by atoms with E-state index in [9.17, 15) is 19.7 Å². The minimum Gasteiger partial charge on any atom is -0.451 e. The van der Waals surface area contributed by atoms with Crippen LogP contribution in [0.3, 0.4) is 0 Å². The van der Waals surface area contributed by atoms with Crippen LogP contribution in [0, 0.1) is 10.1 Å². The van der Waals surface area contributed by atoms with Crippen LogP contribution in [0.15, 0.2) is 36.5 Å². The number of amides is 1. The van der Waals surface area contributed by atoms with Crippen LogP contribution in [0.1, 0.15) is 10.5 Å². The lowest BCUT2D eigenvalue weighted by molar-refractivity contribution is -0.384. The van der Waals surface area contributed by atoms with Crippen molar-refractivity contribution in [2.75, 3.05) is 11.9 Å². The van der Waals surface area contributed by atoms with Crippen molar-refractivity contribution in [3.63, 3.8) is 0 Å². The largest absolute Gasteiger partial charge is 0.451 e. The second kappa shape index (κ2) is 6.93. The number of esters is 1. The summed E-state index contributed by atoms with van der Waals surface area (Å²) < 4.78 is 6.44. The summed E-state index contributed by atoms with van der Waals surface area (Å²) in [6, 6.07) is 6.86. The van der Waals surface area contributed by atoms with Gasteiger partial charge in [0.25, 0.3) is 11.6 Å². The number of ether oxygens (including phenoxy) is 1. The van der Waals surface area contributed by atoms with Gasteiger partial charge < -0.3 is 14.6 Å². The summed E-state index contributed by atoms with van der Waals surface area (Å²) in [5.41, 5.74) is 0.312. The number of nitrogens with zero attached hydrogens (tertiary/aromatic N) is 2. The van der Waals surface area contributed by atoms with Crippen molar-refractivity contribution < 1.29 is 19.2 Å². The number of hydrogen-bond donors (Lipinski definition) is 1. The Balaban J connectivity index is 1.94. The van der Waals surface area contributed by atoms with Gasteiger partial charge in [0.2, 0.25) is 0 Å². The third kappa shape index (κ3) is 4.07. The summed E-state index contributed by atoms with van der Waals surface area (Å²) in [6.45, 7) is -0.503. The highest BCUT2D eigenvalue weighted by Gasteiger charge is 2.15. The van der Waals surface area contributed by atoms with E-state index in [4.69, 9.17) is 16.3 Å². The first-order valence-corrected chi connectivity index (χ1v) is 6.78. The highest BCUT2D eigenvalue weighted by atomic mass is 35.5. The number of rotatable bonds is 5. The van der Waals surface area contributed by atoms with Crippen molar-refractivity contribution in [3.05, 3.63) is 57.4 Å². The van der Waals surface area contributed by atoms with Gasteiger partial charge in [0, 0.05) is 25.4 Å². The van der Waals surface area contributed by atoms with Gasteiger partial charge >= 0.3 is 5.97 Å². The van der Waals surface area contributed by atoms with Crippen LogP contribution in [0.5, 0.6) is 0 Å². The molecule has 2 rings (SSSR count). The van der Waals surface area contributed by atoms with E-state index in [1.807, 2.05) is 0 Å². The average Bonchev–Trinajstić information content (AvgIpc) is 2.93. The highest BCUT2D eigenvalue weighted by molar-refractivity contribution is 6.34. The number of halogens is 1. The molecule has 1 aromatic heterocycles. The van der Waals surface area contributed by atoms with Gasteiger partial charge in [0.15, 0.2) is 6.61 Å². The van der Waals surface area contributed by atoms with Crippen molar-refractivity contribution in [2.45, 2.75) is 0 Å². The van der Waals surface area contributed by atoms with Gasteiger partial charge in [0.1, 0.15) is 5.69 Å². The molecule has 9 heteroatoms. The molecule has 1 aromatic carbocycles. The SMILES string of the molecule is Cn1cccc1C(=O)OCC(=O)Nc1ccc([N+](=O)[O-])cc1Cl. The normalized spacial score (nSPS) is 10.2. The molecule has 120 valence electrons. The van der Waals surface area contributed by atoms with Crippen molar-refractivity contribution in [1.29, 1.82) is 0 Å². The van der Waals surface area contributed by atoms with Crippen LogP contribution >= 0.6 is 11.6 Å². The molecule has 0 saturated heterocycles. The Kier molecular flexibility index (Phi) is 4.97. The zero-order valence-corrected chi connectivity index (χ0v) is 12.7. The summed E-state index contributed by atoms with van der Waals surface area (Å²) >= 11 is 5.85. The number of anilines is 1. The predicted molar refractivity (Wildman–Crippen MR) is 82.4 cm³/mol. The Morgan fingerprint density at radius 1 is 1.39 bits per heavy atom. The first-order valence-electron chi connectivity index (χ1n) is 6.40. The molecule has 0 aliphatic carbocycles. The number of aromatic nitrogens is 1. The molecular formula is C14H12ClN3O5. The fourth-order valence-electron chi connectivity index (χ4n) is 1.78. The van der Waals surface area contributed by atoms with E-state index in [0.29, 0.717) is 5.69 Å². The Bertz CT molecular complexity index is 772. The first kappa shape index (κ1) is 16.5. The summed E-state index contributed by atoms with van der Waals surface area (Å²) in [4.78, 5) is 33.5. The molecule has 23 heavy (non-hydrogen) atoms. The van der Waals surface area contributed by atoms with E-state index in [1.165, 1.54) is 12.1 Å². The number of nitro groups is 1. The molecule has 1 heterocycles. The van der Waals surface area contributed by atoms with E-state index in [-0.39, 0.29) is 16.4 Å². The van der Waals surface area contributed by atoms with Crippen molar-refractivity contribution in [2.24, 2.45) is 7.05 Å². The van der Waals surface area contributed by atoms with Crippen LogP contribution in [0.4, 0.5) is 11.4 Å². The second-order valence-corrected chi connectivity index (χ2v) is 4.96. The topological polar surface area (TPSA) is 103 Å². The van der Waals surface area contributed by atoms with E-state index < -0.39 is 23.4 Å². The summed E-state index contributed by atoms with van der Waals surface area (Å²) in [5, 5.41) is 13.0. The van der Waals surface area contributed by atoms with E-state index in [2.05, 4.69) is 5.32 Å². The van der Waals surface area contributed by atoms with E-state index in [0.717, 1.165) is 6.07 Å². The number of aryl methyl sites for hydroxylation is 1. The molecule has 0 bridgehead atoms. The van der Waals surface area contributed by atoms with Crippen molar-refractivity contribution in [1.82, 2.24) is 4.57 Å². The maximum atomic E-state index is 11.8. The van der Waals surface area contributed by atoms with Crippen LogP contribution < -0.4 is 5.32 Å². The number of nitrogens with one attached hydrogen (secondary N) is 1. The lowest BCUT2D eigenvalue weighted by atomic mass is 10.3. The quantitative estimate of drug-likeness (QED) is 0.512. The van der Waals surface area contributed by atoms with Gasteiger partial charge in [-0.25, -0.2) is 4.79 Å². The predicted octanol–water partition coefficient (Wildman–Crippen LogP) is 2.38. The standard InChI is InChI=1S/C14H12ClN3O5/c1-17-6-2-3-12(17)14(20)23-8-13(19)16-11-5-4-9(18(21)22)7-10(11)15/h2-7H,8H2,1H3,(H,16,19). The molecule has 0 spiro atoms. The summed E-state index contributed by atoms with van der Waals surface area (Å²) in [7, 11) is 1.67. The molecule has 0 aliphatic heterocycles. The van der Waals surface area contributed by atoms with Crippen molar-refractivity contribution >= 4 is 34.9 Å². The zero-order valence-electron chi connectivity index (χ0n) is 12.0. The first-order chi connectivity index (χ1) is 10.9. The van der Waals surface area contributed by atoms with Gasteiger partial charge in [-0.15, -0.1) is 0 Å². The molecule has 0 aliphatic rings. The fraction of sp³-hybridized carbons (Fsp3) is 0.143. The van der Waals surface area contributed by atoms with E-state index >= 15 is 0 Å².